The molecule has 0 amide bonds. The van der Waals surface area contributed by atoms with E-state index < -0.39 is 11.4 Å². The first-order valence-corrected chi connectivity index (χ1v) is 7.72. The van der Waals surface area contributed by atoms with Gasteiger partial charge >= 0.3 is 5.97 Å². The molecule has 0 bridgehead atoms. The molecule has 0 aliphatic carbocycles. The summed E-state index contributed by atoms with van der Waals surface area (Å²) in [5.74, 6) is -0.929. The van der Waals surface area contributed by atoms with Crippen LogP contribution in [0.3, 0.4) is 0 Å². The number of aliphatic carboxylic acids is 1. The second kappa shape index (κ2) is 6.56. The molecule has 1 heterocycles. The van der Waals surface area contributed by atoms with E-state index in [4.69, 9.17) is 0 Å². The van der Waals surface area contributed by atoms with E-state index in [1.165, 1.54) is 6.07 Å². The number of piperidine rings is 1. The smallest absolute Gasteiger partial charge is 0.310 e. The summed E-state index contributed by atoms with van der Waals surface area (Å²) < 4.78 is 14.0. The second-order valence-electron chi connectivity index (χ2n) is 6.11. The number of rotatable bonds is 5. The molecule has 2 unspecified atom stereocenters. The van der Waals surface area contributed by atoms with Crippen LogP contribution in [0.4, 0.5) is 4.39 Å². The van der Waals surface area contributed by atoms with Crippen molar-refractivity contribution in [2.24, 2.45) is 5.41 Å². The zero-order valence-electron chi connectivity index (χ0n) is 12.8. The van der Waals surface area contributed by atoms with Crippen molar-refractivity contribution in [2.75, 3.05) is 13.1 Å². The highest BCUT2D eigenvalue weighted by Gasteiger charge is 2.42. The maximum absolute atomic E-state index is 14.0. The number of benzene rings is 1. The summed E-state index contributed by atoms with van der Waals surface area (Å²) in [6, 6.07) is 6.67. The number of carboxylic acid groups (broad SMARTS) is 1. The first-order valence-electron chi connectivity index (χ1n) is 7.72. The third-order valence-corrected chi connectivity index (χ3v) is 4.69. The molecular weight excluding hydrogens is 269 g/mol. The van der Waals surface area contributed by atoms with E-state index >= 15 is 0 Å². The highest BCUT2D eigenvalue weighted by molar-refractivity contribution is 5.75. The summed E-state index contributed by atoms with van der Waals surface area (Å²) in [5.41, 5.74) is -0.0258. The molecule has 4 heteroatoms. The van der Waals surface area contributed by atoms with E-state index in [1.807, 2.05) is 19.9 Å². The number of likely N-dealkylation sites (tertiary alicyclic amines) is 1. The van der Waals surface area contributed by atoms with Crippen molar-refractivity contribution < 1.29 is 14.3 Å². The van der Waals surface area contributed by atoms with Gasteiger partial charge in [-0.05, 0) is 38.8 Å². The van der Waals surface area contributed by atoms with Crippen LogP contribution in [0.15, 0.2) is 24.3 Å². The quantitative estimate of drug-likeness (QED) is 0.896. The van der Waals surface area contributed by atoms with Gasteiger partial charge in [0.2, 0.25) is 0 Å². The Labute approximate surface area is 125 Å². The van der Waals surface area contributed by atoms with E-state index in [-0.39, 0.29) is 11.9 Å². The molecule has 0 radical (unpaired) electrons. The van der Waals surface area contributed by atoms with Gasteiger partial charge in [0.25, 0.3) is 0 Å². The lowest BCUT2D eigenvalue weighted by atomic mass is 9.76. The first-order chi connectivity index (χ1) is 10.00. The summed E-state index contributed by atoms with van der Waals surface area (Å²) in [7, 11) is 0. The minimum Gasteiger partial charge on any atom is -0.481 e. The molecule has 1 N–H and O–H groups in total. The second-order valence-corrected chi connectivity index (χ2v) is 6.11. The van der Waals surface area contributed by atoms with Gasteiger partial charge in [0.15, 0.2) is 0 Å². The summed E-state index contributed by atoms with van der Waals surface area (Å²) in [6.07, 6.45) is 3.11. The molecule has 0 saturated carbocycles. The van der Waals surface area contributed by atoms with E-state index in [0.29, 0.717) is 18.5 Å². The summed E-state index contributed by atoms with van der Waals surface area (Å²) in [4.78, 5) is 13.9. The van der Waals surface area contributed by atoms with Crippen molar-refractivity contribution in [2.45, 2.75) is 45.6 Å². The van der Waals surface area contributed by atoms with E-state index in [9.17, 15) is 14.3 Å². The van der Waals surface area contributed by atoms with E-state index in [0.717, 1.165) is 25.8 Å². The van der Waals surface area contributed by atoms with Gasteiger partial charge < -0.3 is 5.11 Å². The molecule has 1 fully saturated rings. The molecule has 1 aliphatic heterocycles. The topological polar surface area (TPSA) is 40.5 Å². The number of nitrogens with zero attached hydrogens (tertiary/aromatic N) is 1. The Bertz CT molecular complexity index is 501. The van der Waals surface area contributed by atoms with Gasteiger partial charge in [-0.1, -0.05) is 31.5 Å². The predicted octanol–water partition coefficient (Wildman–Crippen LogP) is 3.85. The molecular formula is C17H24FNO2. The Morgan fingerprint density at radius 3 is 2.81 bits per heavy atom. The van der Waals surface area contributed by atoms with Gasteiger partial charge in [0, 0.05) is 18.2 Å². The Morgan fingerprint density at radius 2 is 2.19 bits per heavy atom. The molecule has 21 heavy (non-hydrogen) atoms. The molecule has 0 aromatic heterocycles. The van der Waals surface area contributed by atoms with Crippen LogP contribution < -0.4 is 0 Å². The van der Waals surface area contributed by atoms with Crippen molar-refractivity contribution in [3.63, 3.8) is 0 Å². The molecule has 1 saturated heterocycles. The zero-order valence-corrected chi connectivity index (χ0v) is 12.8. The Hall–Kier alpha value is -1.42. The average molecular weight is 293 g/mol. The minimum absolute atomic E-state index is 0.0953. The highest BCUT2D eigenvalue weighted by Crippen LogP contribution is 2.38. The molecule has 1 aromatic rings. The largest absolute Gasteiger partial charge is 0.481 e. The van der Waals surface area contributed by atoms with Gasteiger partial charge in [-0.2, -0.15) is 0 Å². The first kappa shape index (κ1) is 16.0. The van der Waals surface area contributed by atoms with Crippen LogP contribution in [-0.2, 0) is 4.79 Å². The molecule has 2 rings (SSSR count). The maximum Gasteiger partial charge on any atom is 0.310 e. The lowest BCUT2D eigenvalue weighted by molar-refractivity contribution is -0.154. The summed E-state index contributed by atoms with van der Waals surface area (Å²) in [6.45, 7) is 5.31. The molecule has 2 atom stereocenters. The van der Waals surface area contributed by atoms with Gasteiger partial charge in [-0.15, -0.1) is 0 Å². The van der Waals surface area contributed by atoms with Crippen LogP contribution in [0.25, 0.3) is 0 Å². The lowest BCUT2D eigenvalue weighted by Crippen LogP contribution is -2.48. The van der Waals surface area contributed by atoms with Gasteiger partial charge in [-0.3, -0.25) is 9.69 Å². The van der Waals surface area contributed by atoms with Crippen molar-refractivity contribution in [3.05, 3.63) is 35.6 Å². The normalized spacial score (nSPS) is 24.7. The van der Waals surface area contributed by atoms with Crippen LogP contribution in [0, 0.1) is 11.2 Å². The monoisotopic (exact) mass is 293 g/mol. The highest BCUT2D eigenvalue weighted by atomic mass is 19.1. The van der Waals surface area contributed by atoms with Crippen molar-refractivity contribution >= 4 is 5.97 Å². The van der Waals surface area contributed by atoms with Crippen molar-refractivity contribution in [1.82, 2.24) is 4.90 Å². The average Bonchev–Trinajstić information content (AvgIpc) is 2.47. The van der Waals surface area contributed by atoms with Gasteiger partial charge in [0.1, 0.15) is 5.82 Å². The molecule has 0 spiro atoms. The SMILES string of the molecule is CCCC1(C(=O)O)CCCN(C(C)c2ccccc2F)C1. The van der Waals surface area contributed by atoms with Crippen molar-refractivity contribution in [1.29, 1.82) is 0 Å². The summed E-state index contributed by atoms with van der Waals surface area (Å²) in [5, 5.41) is 9.64. The van der Waals surface area contributed by atoms with Gasteiger partial charge in [-0.25, -0.2) is 4.39 Å². The standard InChI is InChI=1S/C17H24FNO2/c1-3-9-17(16(20)21)10-6-11-19(12-17)13(2)14-7-4-5-8-15(14)18/h4-5,7-8,13H,3,6,9-12H2,1-2H3,(H,20,21). The van der Waals surface area contributed by atoms with Crippen molar-refractivity contribution in [3.8, 4) is 0 Å². The van der Waals surface area contributed by atoms with Crippen LogP contribution >= 0.6 is 0 Å². The van der Waals surface area contributed by atoms with Crippen LogP contribution in [-0.4, -0.2) is 29.1 Å². The fourth-order valence-corrected chi connectivity index (χ4v) is 3.47. The molecule has 116 valence electrons. The third kappa shape index (κ3) is 3.26. The molecule has 1 aliphatic rings. The zero-order chi connectivity index (χ0) is 15.5. The summed E-state index contributed by atoms with van der Waals surface area (Å²) >= 11 is 0. The van der Waals surface area contributed by atoms with Crippen LogP contribution in [0.1, 0.15) is 51.1 Å². The Morgan fingerprint density at radius 1 is 1.48 bits per heavy atom. The Balaban J connectivity index is 2.20. The third-order valence-electron chi connectivity index (χ3n) is 4.69. The number of halogens is 1. The number of hydrogen-bond donors (Lipinski definition) is 1. The van der Waals surface area contributed by atoms with Crippen LogP contribution in [0.5, 0.6) is 0 Å². The molecule has 3 nitrogen and oxygen atoms in total. The fraction of sp³-hybridized carbons (Fsp3) is 0.588. The van der Waals surface area contributed by atoms with E-state index in [2.05, 4.69) is 4.90 Å². The number of carbonyl (C=O) groups is 1. The minimum atomic E-state index is -0.713. The predicted molar refractivity (Wildman–Crippen MR) is 80.6 cm³/mol. The van der Waals surface area contributed by atoms with E-state index in [1.54, 1.807) is 12.1 Å². The number of hydrogen-bond acceptors (Lipinski definition) is 2. The van der Waals surface area contributed by atoms with Crippen LogP contribution in [0.2, 0.25) is 0 Å². The molecule has 1 aromatic carbocycles. The van der Waals surface area contributed by atoms with Gasteiger partial charge in [0.05, 0.1) is 5.41 Å². The fourth-order valence-electron chi connectivity index (χ4n) is 3.47. The maximum atomic E-state index is 14.0. The number of carboxylic acids is 1. The lowest BCUT2D eigenvalue weighted by Gasteiger charge is -2.42. The Kier molecular flexibility index (Phi) is 4.99.